The molecule has 1 aliphatic rings. The van der Waals surface area contributed by atoms with Crippen LogP contribution in [-0.4, -0.2) is 18.4 Å². The lowest BCUT2D eigenvalue weighted by atomic mass is 9.98. The third-order valence-electron chi connectivity index (χ3n) is 2.48. The van der Waals surface area contributed by atoms with Crippen molar-refractivity contribution in [3.63, 3.8) is 0 Å². The summed E-state index contributed by atoms with van der Waals surface area (Å²) in [6, 6.07) is 0.185. The molecule has 0 amide bonds. The third-order valence-corrected chi connectivity index (χ3v) is 2.48. The van der Waals surface area contributed by atoms with E-state index in [2.05, 4.69) is 12.2 Å². The normalized spacial score (nSPS) is 23.9. The molecule has 12 heavy (non-hydrogen) atoms. The Bertz CT molecular complexity index is 139. The number of unbranched alkanes of at least 4 members (excludes halogenated alkanes) is 1. The van der Waals surface area contributed by atoms with E-state index in [0.29, 0.717) is 5.78 Å². The van der Waals surface area contributed by atoms with Crippen molar-refractivity contribution in [1.29, 1.82) is 0 Å². The molecule has 0 unspecified atom stereocenters. The van der Waals surface area contributed by atoms with Crippen LogP contribution in [0.3, 0.4) is 0 Å². The molecular weight excluding hydrogens is 150 g/mol. The van der Waals surface area contributed by atoms with E-state index in [9.17, 15) is 4.79 Å². The van der Waals surface area contributed by atoms with Crippen LogP contribution in [0.5, 0.6) is 0 Å². The standard InChI is InChI=1S/C10H19NO/c1-2-3-7-10(12)9-6-4-5-8-11-9/h9,11H,2-8H2,1H3/t9-/m0/s1. The Labute approximate surface area is 74.7 Å². The maximum Gasteiger partial charge on any atom is 0.149 e. The Hall–Kier alpha value is -0.370. The van der Waals surface area contributed by atoms with E-state index in [1.807, 2.05) is 0 Å². The Kier molecular flexibility index (Phi) is 4.30. The summed E-state index contributed by atoms with van der Waals surface area (Å²) in [5, 5.41) is 3.28. The number of ketones is 1. The number of carbonyl (C=O) groups is 1. The van der Waals surface area contributed by atoms with E-state index >= 15 is 0 Å². The van der Waals surface area contributed by atoms with Crippen molar-refractivity contribution < 1.29 is 4.79 Å². The molecule has 0 aliphatic carbocycles. The molecule has 0 aromatic carbocycles. The lowest BCUT2D eigenvalue weighted by Crippen LogP contribution is -2.40. The zero-order valence-corrected chi connectivity index (χ0v) is 7.94. The molecule has 1 aliphatic heterocycles. The summed E-state index contributed by atoms with van der Waals surface area (Å²) in [6.45, 7) is 3.16. The van der Waals surface area contributed by atoms with Crippen LogP contribution in [0.2, 0.25) is 0 Å². The van der Waals surface area contributed by atoms with Gasteiger partial charge in [0.2, 0.25) is 0 Å². The third kappa shape index (κ3) is 2.94. The van der Waals surface area contributed by atoms with Crippen LogP contribution in [0.1, 0.15) is 45.4 Å². The molecule has 0 radical (unpaired) electrons. The van der Waals surface area contributed by atoms with Crippen molar-refractivity contribution in [3.8, 4) is 0 Å². The van der Waals surface area contributed by atoms with Gasteiger partial charge in [0.25, 0.3) is 0 Å². The molecule has 1 heterocycles. The van der Waals surface area contributed by atoms with E-state index in [1.54, 1.807) is 0 Å². The maximum atomic E-state index is 11.5. The lowest BCUT2D eigenvalue weighted by Gasteiger charge is -2.21. The highest BCUT2D eigenvalue weighted by Gasteiger charge is 2.18. The number of rotatable bonds is 4. The average molecular weight is 169 g/mol. The number of Topliss-reactive ketones (excluding diaryl/α,β-unsaturated/α-hetero) is 1. The maximum absolute atomic E-state index is 11.5. The first kappa shape index (κ1) is 9.72. The smallest absolute Gasteiger partial charge is 0.149 e. The molecule has 0 aromatic rings. The van der Waals surface area contributed by atoms with E-state index in [1.165, 1.54) is 12.8 Å². The largest absolute Gasteiger partial charge is 0.307 e. The van der Waals surface area contributed by atoms with Gasteiger partial charge in [-0.15, -0.1) is 0 Å². The fourth-order valence-electron chi connectivity index (χ4n) is 1.65. The van der Waals surface area contributed by atoms with E-state index in [-0.39, 0.29) is 6.04 Å². The van der Waals surface area contributed by atoms with Gasteiger partial charge < -0.3 is 5.32 Å². The molecule has 1 atom stereocenters. The summed E-state index contributed by atoms with van der Waals surface area (Å²) in [6.07, 6.45) is 6.46. The molecule has 0 aromatic heterocycles. The van der Waals surface area contributed by atoms with Gasteiger partial charge in [-0.2, -0.15) is 0 Å². The summed E-state index contributed by atoms with van der Waals surface area (Å²) < 4.78 is 0. The summed E-state index contributed by atoms with van der Waals surface area (Å²) in [4.78, 5) is 11.5. The first-order chi connectivity index (χ1) is 5.84. The van der Waals surface area contributed by atoms with Crippen LogP contribution in [-0.2, 0) is 4.79 Å². The highest BCUT2D eigenvalue weighted by atomic mass is 16.1. The summed E-state index contributed by atoms with van der Waals surface area (Å²) in [5.74, 6) is 0.427. The molecular formula is C10H19NO. The molecule has 1 fully saturated rings. The van der Waals surface area contributed by atoms with Gasteiger partial charge in [-0.05, 0) is 25.8 Å². The monoisotopic (exact) mass is 169 g/mol. The zero-order chi connectivity index (χ0) is 8.81. The SMILES string of the molecule is CCCCC(=O)[C@@H]1CCCCN1. The Morgan fingerprint density at radius 1 is 1.50 bits per heavy atom. The molecule has 1 saturated heterocycles. The van der Waals surface area contributed by atoms with Crippen molar-refractivity contribution in [2.45, 2.75) is 51.5 Å². The molecule has 2 heteroatoms. The van der Waals surface area contributed by atoms with Gasteiger partial charge in [0, 0.05) is 6.42 Å². The zero-order valence-electron chi connectivity index (χ0n) is 7.94. The first-order valence-corrected chi connectivity index (χ1v) is 5.10. The molecule has 1 N–H and O–H groups in total. The van der Waals surface area contributed by atoms with Gasteiger partial charge in [-0.25, -0.2) is 0 Å². The van der Waals surface area contributed by atoms with Crippen LogP contribution >= 0.6 is 0 Å². The van der Waals surface area contributed by atoms with Crippen LogP contribution in [0, 0.1) is 0 Å². The van der Waals surface area contributed by atoms with Gasteiger partial charge in [0.05, 0.1) is 6.04 Å². The summed E-state index contributed by atoms with van der Waals surface area (Å²) in [5.41, 5.74) is 0. The highest BCUT2D eigenvalue weighted by Crippen LogP contribution is 2.10. The van der Waals surface area contributed by atoms with E-state index < -0.39 is 0 Å². The molecule has 0 saturated carbocycles. The van der Waals surface area contributed by atoms with Crippen LogP contribution in [0.25, 0.3) is 0 Å². The first-order valence-electron chi connectivity index (χ1n) is 5.10. The second-order valence-electron chi connectivity index (χ2n) is 3.57. The van der Waals surface area contributed by atoms with Crippen molar-refractivity contribution in [2.75, 3.05) is 6.54 Å². The van der Waals surface area contributed by atoms with Gasteiger partial charge in [-0.1, -0.05) is 19.8 Å². The second-order valence-corrected chi connectivity index (χ2v) is 3.57. The van der Waals surface area contributed by atoms with Gasteiger partial charge in [0.1, 0.15) is 5.78 Å². The second kappa shape index (κ2) is 5.31. The predicted octanol–water partition coefficient (Wildman–Crippen LogP) is 1.89. The molecule has 0 spiro atoms. The summed E-state index contributed by atoms with van der Waals surface area (Å²) >= 11 is 0. The molecule has 2 nitrogen and oxygen atoms in total. The van der Waals surface area contributed by atoms with Gasteiger partial charge >= 0.3 is 0 Å². The van der Waals surface area contributed by atoms with Gasteiger partial charge in [0.15, 0.2) is 0 Å². The number of hydrogen-bond acceptors (Lipinski definition) is 2. The number of piperidine rings is 1. The average Bonchev–Trinajstić information content (AvgIpc) is 2.15. The van der Waals surface area contributed by atoms with Crippen molar-refractivity contribution >= 4 is 5.78 Å². The minimum atomic E-state index is 0.185. The number of hydrogen-bond donors (Lipinski definition) is 1. The highest BCUT2D eigenvalue weighted by molar-refractivity contribution is 5.84. The minimum Gasteiger partial charge on any atom is -0.307 e. The van der Waals surface area contributed by atoms with E-state index in [0.717, 1.165) is 32.2 Å². The Morgan fingerprint density at radius 2 is 2.33 bits per heavy atom. The minimum absolute atomic E-state index is 0.185. The number of carbonyl (C=O) groups excluding carboxylic acids is 1. The Balaban J connectivity index is 2.20. The Morgan fingerprint density at radius 3 is 2.92 bits per heavy atom. The number of nitrogens with one attached hydrogen (secondary N) is 1. The fraction of sp³-hybridized carbons (Fsp3) is 0.900. The topological polar surface area (TPSA) is 29.1 Å². The van der Waals surface area contributed by atoms with E-state index in [4.69, 9.17) is 0 Å². The lowest BCUT2D eigenvalue weighted by molar-refractivity contribution is -0.121. The quantitative estimate of drug-likeness (QED) is 0.696. The fourth-order valence-corrected chi connectivity index (χ4v) is 1.65. The van der Waals surface area contributed by atoms with Crippen molar-refractivity contribution in [2.24, 2.45) is 0 Å². The van der Waals surface area contributed by atoms with Crippen LogP contribution in [0.15, 0.2) is 0 Å². The molecule has 70 valence electrons. The predicted molar refractivity (Wildman–Crippen MR) is 50.2 cm³/mol. The molecule has 1 rings (SSSR count). The molecule has 0 bridgehead atoms. The summed E-state index contributed by atoms with van der Waals surface area (Å²) in [7, 11) is 0. The van der Waals surface area contributed by atoms with Gasteiger partial charge in [-0.3, -0.25) is 4.79 Å². The van der Waals surface area contributed by atoms with Crippen LogP contribution < -0.4 is 5.32 Å². The van der Waals surface area contributed by atoms with Crippen molar-refractivity contribution in [3.05, 3.63) is 0 Å². The van der Waals surface area contributed by atoms with Crippen LogP contribution in [0.4, 0.5) is 0 Å². The van der Waals surface area contributed by atoms with Crippen molar-refractivity contribution in [1.82, 2.24) is 5.32 Å².